The number of nitrogens with one attached hydrogen (secondary N) is 3. The first-order valence-corrected chi connectivity index (χ1v) is 10.2. The van der Waals surface area contributed by atoms with Crippen molar-refractivity contribution in [3.8, 4) is 12.3 Å². The summed E-state index contributed by atoms with van der Waals surface area (Å²) in [6, 6.07) is 12.8. The summed E-state index contributed by atoms with van der Waals surface area (Å²) in [5.41, 5.74) is 3.06. The largest absolute Gasteiger partial charge is 0.340 e. The van der Waals surface area contributed by atoms with E-state index in [2.05, 4.69) is 31.8 Å². The topological polar surface area (TPSA) is 78.9 Å². The van der Waals surface area contributed by atoms with E-state index >= 15 is 0 Å². The third-order valence-electron chi connectivity index (χ3n) is 4.00. The maximum Gasteiger partial charge on any atom is 0.319 e. The molecule has 0 fully saturated rings. The van der Waals surface area contributed by atoms with E-state index in [0.29, 0.717) is 18.1 Å². The number of hydrogen-bond donors (Lipinski definition) is 3. The van der Waals surface area contributed by atoms with Crippen molar-refractivity contribution in [2.45, 2.75) is 6.42 Å². The molecule has 3 N–H and O–H groups in total. The average Bonchev–Trinajstić information content (AvgIpc) is 2.72. The molecule has 0 saturated heterocycles. The highest BCUT2D eigenvalue weighted by atomic mass is 32.2. The summed E-state index contributed by atoms with van der Waals surface area (Å²) in [4.78, 5) is 20.7. The maximum atomic E-state index is 12.1. The summed E-state index contributed by atoms with van der Waals surface area (Å²) in [5.74, 6) is 4.28. The molecule has 2 amide bonds. The van der Waals surface area contributed by atoms with Gasteiger partial charge in [0, 0.05) is 28.9 Å². The molecule has 1 heterocycles. The molecule has 2 aromatic carbocycles. The molecule has 0 radical (unpaired) electrons. The van der Waals surface area contributed by atoms with Gasteiger partial charge in [-0.1, -0.05) is 12.0 Å². The third-order valence-corrected chi connectivity index (χ3v) is 4.69. The van der Waals surface area contributed by atoms with Gasteiger partial charge in [0.1, 0.15) is 12.1 Å². The van der Waals surface area contributed by atoms with Crippen molar-refractivity contribution < 1.29 is 4.79 Å². The SMILES string of the molecule is C#Cc1cccc(Nc2ncnc3ccc(NC(=O)NCCCSC)cc23)c1. The van der Waals surface area contributed by atoms with Crippen molar-refractivity contribution in [1.82, 2.24) is 15.3 Å². The Kier molecular flexibility index (Phi) is 6.71. The van der Waals surface area contributed by atoms with E-state index in [1.54, 1.807) is 11.8 Å². The number of carbonyl (C=O) groups excluding carboxylic acids is 1. The molecule has 3 rings (SSSR count). The molecule has 0 aliphatic heterocycles. The molecule has 28 heavy (non-hydrogen) atoms. The Bertz CT molecular complexity index is 1020. The van der Waals surface area contributed by atoms with Gasteiger partial charge in [-0.15, -0.1) is 6.42 Å². The average molecular weight is 392 g/mol. The van der Waals surface area contributed by atoms with Crippen LogP contribution in [0.2, 0.25) is 0 Å². The summed E-state index contributed by atoms with van der Waals surface area (Å²) < 4.78 is 0. The van der Waals surface area contributed by atoms with Crippen LogP contribution in [0.5, 0.6) is 0 Å². The first-order valence-electron chi connectivity index (χ1n) is 8.82. The number of urea groups is 1. The van der Waals surface area contributed by atoms with E-state index in [4.69, 9.17) is 6.42 Å². The van der Waals surface area contributed by atoms with E-state index in [1.165, 1.54) is 6.33 Å². The van der Waals surface area contributed by atoms with Crippen LogP contribution in [0.3, 0.4) is 0 Å². The molecule has 0 spiro atoms. The van der Waals surface area contributed by atoms with Gasteiger partial charge in [0.2, 0.25) is 0 Å². The molecule has 6 nitrogen and oxygen atoms in total. The number of rotatable bonds is 7. The van der Waals surface area contributed by atoms with Crippen molar-refractivity contribution in [1.29, 1.82) is 0 Å². The third kappa shape index (κ3) is 5.15. The van der Waals surface area contributed by atoms with Crippen molar-refractivity contribution >= 4 is 45.9 Å². The standard InChI is InChI=1S/C21H21N5OS/c1-3-15-6-4-7-16(12-15)25-20-18-13-17(8-9-19(18)23-14-24-20)26-21(27)22-10-5-11-28-2/h1,4,6-9,12-14H,5,10-11H2,2H3,(H2,22,26,27)(H,23,24,25). The number of nitrogens with zero attached hydrogens (tertiary/aromatic N) is 2. The van der Waals surface area contributed by atoms with Crippen LogP contribution >= 0.6 is 11.8 Å². The van der Waals surface area contributed by atoms with Gasteiger partial charge in [-0.2, -0.15) is 11.8 Å². The number of hydrogen-bond acceptors (Lipinski definition) is 5. The summed E-state index contributed by atoms with van der Waals surface area (Å²) in [6.07, 6.45) is 9.95. The number of benzene rings is 2. The molecule has 7 heteroatoms. The number of carbonyl (C=O) groups is 1. The van der Waals surface area contributed by atoms with E-state index in [0.717, 1.165) is 34.3 Å². The van der Waals surface area contributed by atoms with Gasteiger partial charge >= 0.3 is 6.03 Å². The van der Waals surface area contributed by atoms with Crippen LogP contribution in [-0.2, 0) is 0 Å². The molecular formula is C21H21N5OS. The number of fused-ring (bicyclic) bond motifs is 1. The second-order valence-corrected chi connectivity index (χ2v) is 7.02. The zero-order valence-electron chi connectivity index (χ0n) is 15.5. The molecule has 142 valence electrons. The van der Waals surface area contributed by atoms with Gasteiger partial charge in [0.05, 0.1) is 5.52 Å². The fourth-order valence-corrected chi connectivity index (χ4v) is 3.08. The molecule has 0 aliphatic rings. The summed E-state index contributed by atoms with van der Waals surface area (Å²) in [6.45, 7) is 0.641. The monoisotopic (exact) mass is 391 g/mol. The molecule has 1 aromatic heterocycles. The van der Waals surface area contributed by atoms with E-state index in [-0.39, 0.29) is 6.03 Å². The van der Waals surface area contributed by atoms with Crippen LogP contribution in [0.1, 0.15) is 12.0 Å². The molecule has 0 aliphatic carbocycles. The molecule has 0 saturated carbocycles. The minimum absolute atomic E-state index is 0.228. The zero-order chi connectivity index (χ0) is 19.8. The first kappa shape index (κ1) is 19.5. The van der Waals surface area contributed by atoms with Crippen molar-refractivity contribution in [3.63, 3.8) is 0 Å². The Morgan fingerprint density at radius 1 is 1.18 bits per heavy atom. The fourth-order valence-electron chi connectivity index (χ4n) is 2.65. The van der Waals surface area contributed by atoms with Crippen LogP contribution in [0, 0.1) is 12.3 Å². The van der Waals surface area contributed by atoms with Crippen LogP contribution in [0.25, 0.3) is 10.9 Å². The Labute approximate surface area is 168 Å². The number of thioether (sulfide) groups is 1. The molecule has 3 aromatic rings. The normalized spacial score (nSPS) is 10.3. The second-order valence-electron chi connectivity index (χ2n) is 6.03. The predicted octanol–water partition coefficient (Wildman–Crippen LogP) is 4.23. The van der Waals surface area contributed by atoms with E-state index < -0.39 is 0 Å². The van der Waals surface area contributed by atoms with E-state index in [1.807, 2.05) is 48.7 Å². The number of amides is 2. The summed E-state index contributed by atoms with van der Waals surface area (Å²) in [7, 11) is 0. The quantitative estimate of drug-likeness (QED) is 0.415. The summed E-state index contributed by atoms with van der Waals surface area (Å²) in [5, 5.41) is 9.78. The Morgan fingerprint density at radius 3 is 2.89 bits per heavy atom. The lowest BCUT2D eigenvalue weighted by molar-refractivity contribution is 0.252. The van der Waals surface area contributed by atoms with Gasteiger partial charge in [-0.05, 0) is 54.8 Å². The van der Waals surface area contributed by atoms with Gasteiger partial charge < -0.3 is 16.0 Å². The predicted molar refractivity (Wildman–Crippen MR) is 117 cm³/mol. The first-order chi connectivity index (χ1) is 13.7. The highest BCUT2D eigenvalue weighted by Crippen LogP contribution is 2.26. The van der Waals surface area contributed by atoms with E-state index in [9.17, 15) is 4.79 Å². The van der Waals surface area contributed by atoms with Gasteiger partial charge in [-0.25, -0.2) is 14.8 Å². The lowest BCUT2D eigenvalue weighted by Gasteiger charge is -2.11. The molecule has 0 atom stereocenters. The lowest BCUT2D eigenvalue weighted by Crippen LogP contribution is -2.29. The highest BCUT2D eigenvalue weighted by molar-refractivity contribution is 7.98. The zero-order valence-corrected chi connectivity index (χ0v) is 16.3. The van der Waals surface area contributed by atoms with Crippen molar-refractivity contribution in [3.05, 3.63) is 54.4 Å². The molecule has 0 unspecified atom stereocenters. The summed E-state index contributed by atoms with van der Waals surface area (Å²) >= 11 is 1.76. The van der Waals surface area contributed by atoms with Gasteiger partial charge in [0.15, 0.2) is 0 Å². The van der Waals surface area contributed by atoms with Crippen LogP contribution in [0.15, 0.2) is 48.8 Å². The number of aromatic nitrogens is 2. The van der Waals surface area contributed by atoms with Crippen molar-refractivity contribution in [2.24, 2.45) is 0 Å². The van der Waals surface area contributed by atoms with Crippen LogP contribution in [-0.4, -0.2) is 34.6 Å². The Balaban J connectivity index is 1.78. The second kappa shape index (κ2) is 9.62. The minimum atomic E-state index is -0.228. The number of anilines is 3. The van der Waals surface area contributed by atoms with Gasteiger partial charge in [-0.3, -0.25) is 0 Å². The Morgan fingerprint density at radius 2 is 2.07 bits per heavy atom. The smallest absolute Gasteiger partial charge is 0.319 e. The van der Waals surface area contributed by atoms with Crippen molar-refractivity contribution in [2.75, 3.05) is 29.2 Å². The van der Waals surface area contributed by atoms with Crippen LogP contribution in [0.4, 0.5) is 22.0 Å². The minimum Gasteiger partial charge on any atom is -0.340 e. The molecular weight excluding hydrogens is 370 g/mol. The molecule has 0 bridgehead atoms. The maximum absolute atomic E-state index is 12.1. The lowest BCUT2D eigenvalue weighted by atomic mass is 10.2. The van der Waals surface area contributed by atoms with Crippen LogP contribution < -0.4 is 16.0 Å². The Hall–Kier alpha value is -3.24. The van der Waals surface area contributed by atoms with Gasteiger partial charge in [0.25, 0.3) is 0 Å². The highest BCUT2D eigenvalue weighted by Gasteiger charge is 2.08. The number of terminal acetylenes is 1. The fraction of sp³-hybridized carbons (Fsp3) is 0.190.